The van der Waals surface area contributed by atoms with Crippen molar-refractivity contribution in [1.82, 2.24) is 0 Å². The van der Waals surface area contributed by atoms with E-state index in [0.717, 1.165) is 6.08 Å². The molecule has 0 aromatic rings. The van der Waals surface area contributed by atoms with Crippen molar-refractivity contribution in [2.75, 3.05) is 6.61 Å². The van der Waals surface area contributed by atoms with Crippen LogP contribution in [0.2, 0.25) is 0 Å². The number of carbonyl (C=O) groups is 1. The van der Waals surface area contributed by atoms with Crippen molar-refractivity contribution in [3.05, 3.63) is 47.1 Å². The van der Waals surface area contributed by atoms with Crippen molar-refractivity contribution in [2.24, 2.45) is 0 Å². The summed E-state index contributed by atoms with van der Waals surface area (Å²) >= 11 is 0. The summed E-state index contributed by atoms with van der Waals surface area (Å²) < 4.78 is 31.5. The Morgan fingerprint density at radius 2 is 2.13 bits per heavy atom. The predicted molar refractivity (Wildman–Crippen MR) is 50.1 cm³/mol. The second-order valence-corrected chi connectivity index (χ2v) is 3.19. The number of hydrogen-bond acceptors (Lipinski definition) is 2. The number of carbonyl (C=O) groups excluding carboxylic acids is 1. The Labute approximate surface area is 85.2 Å². The van der Waals surface area contributed by atoms with Crippen molar-refractivity contribution >= 4 is 5.97 Å². The first-order valence-electron chi connectivity index (χ1n) is 4.48. The molecule has 2 nitrogen and oxygen atoms in total. The molecule has 1 aliphatic carbocycles. The van der Waals surface area contributed by atoms with Crippen LogP contribution in [0, 0.1) is 0 Å². The maximum absolute atomic E-state index is 13.5. The average molecular weight is 210 g/mol. The second-order valence-electron chi connectivity index (χ2n) is 3.19. The molecule has 0 aromatic carbocycles. The summed E-state index contributed by atoms with van der Waals surface area (Å²) in [4.78, 5) is 10.8. The molecule has 78 valence electrons. The van der Waals surface area contributed by atoms with E-state index in [1.165, 1.54) is 18.2 Å². The van der Waals surface area contributed by atoms with Crippen LogP contribution >= 0.6 is 0 Å². The summed E-state index contributed by atoms with van der Waals surface area (Å²) in [5, 5.41) is 0. The predicted octanol–water partition coefficient (Wildman–Crippen LogP) is 2.51. The van der Waals surface area contributed by atoms with Gasteiger partial charge in [0.25, 0.3) is 0 Å². The summed E-state index contributed by atoms with van der Waals surface area (Å²) in [6.07, 6.45) is 5.43. The second kappa shape index (κ2) is 3.81. The van der Waals surface area contributed by atoms with Crippen molar-refractivity contribution in [3.8, 4) is 0 Å². The van der Waals surface area contributed by atoms with Crippen LogP contribution in [0.15, 0.2) is 47.1 Å². The van der Waals surface area contributed by atoms with Crippen molar-refractivity contribution in [3.63, 3.8) is 0 Å². The SMILES string of the molecule is O=C1C=C(C2=C(F)C=CCC=C2F)CO1. The number of cyclic esters (lactones) is 1. The summed E-state index contributed by atoms with van der Waals surface area (Å²) in [5.41, 5.74) is 0.0763. The van der Waals surface area contributed by atoms with Crippen LogP contribution in [0.1, 0.15) is 6.42 Å². The third-order valence-electron chi connectivity index (χ3n) is 2.16. The van der Waals surface area contributed by atoms with Gasteiger partial charge in [-0.1, -0.05) is 6.08 Å². The zero-order chi connectivity index (χ0) is 10.8. The largest absolute Gasteiger partial charge is 0.458 e. The molecule has 0 unspecified atom stereocenters. The molecule has 0 amide bonds. The first-order valence-corrected chi connectivity index (χ1v) is 4.48. The van der Waals surface area contributed by atoms with E-state index in [1.54, 1.807) is 0 Å². The average Bonchev–Trinajstić information content (AvgIpc) is 2.52. The van der Waals surface area contributed by atoms with Gasteiger partial charge in [-0.2, -0.15) is 0 Å². The van der Waals surface area contributed by atoms with Gasteiger partial charge < -0.3 is 4.74 Å². The Hall–Kier alpha value is -1.71. The van der Waals surface area contributed by atoms with Crippen molar-refractivity contribution < 1.29 is 18.3 Å². The van der Waals surface area contributed by atoms with Crippen LogP contribution in [-0.4, -0.2) is 12.6 Å². The van der Waals surface area contributed by atoms with E-state index in [4.69, 9.17) is 0 Å². The van der Waals surface area contributed by atoms with Gasteiger partial charge in [0.1, 0.15) is 18.3 Å². The minimum Gasteiger partial charge on any atom is -0.458 e. The van der Waals surface area contributed by atoms with Crippen LogP contribution in [0.3, 0.4) is 0 Å². The van der Waals surface area contributed by atoms with E-state index in [9.17, 15) is 13.6 Å². The minimum atomic E-state index is -0.675. The molecule has 0 bridgehead atoms. The van der Waals surface area contributed by atoms with E-state index < -0.39 is 17.6 Å². The molecule has 15 heavy (non-hydrogen) atoms. The van der Waals surface area contributed by atoms with Gasteiger partial charge in [0, 0.05) is 11.6 Å². The molecule has 0 saturated carbocycles. The Balaban J connectivity index is 2.45. The molecule has 0 aromatic heterocycles. The van der Waals surface area contributed by atoms with Gasteiger partial charge >= 0.3 is 5.97 Å². The zero-order valence-corrected chi connectivity index (χ0v) is 7.80. The standard InChI is InChI=1S/C11H8F2O2/c12-8-3-1-2-4-9(13)11(8)7-5-10(14)15-6-7/h1,3-5H,2,6H2. The molecule has 0 radical (unpaired) electrons. The van der Waals surface area contributed by atoms with Crippen molar-refractivity contribution in [1.29, 1.82) is 0 Å². The van der Waals surface area contributed by atoms with Gasteiger partial charge in [-0.3, -0.25) is 0 Å². The molecule has 1 aliphatic heterocycles. The monoisotopic (exact) mass is 210 g/mol. The topological polar surface area (TPSA) is 26.3 Å². The minimum absolute atomic E-state index is 0.0727. The fourth-order valence-electron chi connectivity index (χ4n) is 1.47. The molecule has 1 heterocycles. The lowest BCUT2D eigenvalue weighted by Crippen LogP contribution is -1.96. The smallest absolute Gasteiger partial charge is 0.331 e. The lowest BCUT2D eigenvalue weighted by Gasteiger charge is -2.04. The van der Waals surface area contributed by atoms with E-state index >= 15 is 0 Å². The summed E-state index contributed by atoms with van der Waals surface area (Å²) in [6.45, 7) is -0.0727. The molecule has 0 saturated heterocycles. The number of allylic oxidation sites excluding steroid dienone is 5. The lowest BCUT2D eigenvalue weighted by atomic mass is 10.1. The summed E-state index contributed by atoms with van der Waals surface area (Å²) in [5.74, 6) is -1.89. The van der Waals surface area contributed by atoms with Crippen molar-refractivity contribution in [2.45, 2.75) is 6.42 Å². The molecule has 2 rings (SSSR count). The van der Waals surface area contributed by atoms with Crippen LogP contribution in [0.5, 0.6) is 0 Å². The number of rotatable bonds is 1. The highest BCUT2D eigenvalue weighted by molar-refractivity contribution is 5.87. The van der Waals surface area contributed by atoms with E-state index in [1.807, 2.05) is 0 Å². The van der Waals surface area contributed by atoms with Crippen LogP contribution in [0.4, 0.5) is 8.78 Å². The number of ether oxygens (including phenoxy) is 1. The first kappa shape index (κ1) is 9.83. The highest BCUT2D eigenvalue weighted by Gasteiger charge is 2.23. The summed E-state index contributed by atoms with van der Waals surface area (Å²) in [6, 6.07) is 0. The third-order valence-corrected chi connectivity index (χ3v) is 2.16. The Bertz CT molecular complexity index is 428. The van der Waals surface area contributed by atoms with Crippen LogP contribution in [-0.2, 0) is 9.53 Å². The highest BCUT2D eigenvalue weighted by atomic mass is 19.1. The zero-order valence-electron chi connectivity index (χ0n) is 7.80. The lowest BCUT2D eigenvalue weighted by molar-refractivity contribution is -0.134. The fraction of sp³-hybridized carbons (Fsp3) is 0.182. The maximum Gasteiger partial charge on any atom is 0.331 e. The number of halogens is 2. The first-order chi connectivity index (χ1) is 7.18. The highest BCUT2D eigenvalue weighted by Crippen LogP contribution is 2.30. The molecular formula is C11H8F2O2. The van der Waals surface area contributed by atoms with Crippen LogP contribution < -0.4 is 0 Å². The van der Waals surface area contributed by atoms with Gasteiger partial charge in [-0.25, -0.2) is 13.6 Å². The van der Waals surface area contributed by atoms with Gasteiger partial charge in [-0.05, 0) is 18.6 Å². The molecule has 0 atom stereocenters. The number of esters is 1. The molecule has 4 heteroatoms. The van der Waals surface area contributed by atoms with Crippen LogP contribution in [0.25, 0.3) is 0 Å². The van der Waals surface area contributed by atoms with Gasteiger partial charge in [0.05, 0.1) is 5.57 Å². The molecule has 0 spiro atoms. The molecule has 0 N–H and O–H groups in total. The van der Waals surface area contributed by atoms with Gasteiger partial charge in [-0.15, -0.1) is 0 Å². The van der Waals surface area contributed by atoms with Gasteiger partial charge in [0.15, 0.2) is 0 Å². The summed E-state index contributed by atoms with van der Waals surface area (Å²) in [7, 11) is 0. The Kier molecular flexibility index (Phi) is 2.49. The number of hydrogen-bond donors (Lipinski definition) is 0. The fourth-order valence-corrected chi connectivity index (χ4v) is 1.47. The van der Waals surface area contributed by atoms with E-state index in [2.05, 4.69) is 4.74 Å². The quantitative estimate of drug-likeness (QED) is 0.621. The molecule has 2 aliphatic rings. The Morgan fingerprint density at radius 3 is 2.80 bits per heavy atom. The normalized spacial score (nSPS) is 21.1. The van der Waals surface area contributed by atoms with E-state index in [0.29, 0.717) is 6.42 Å². The van der Waals surface area contributed by atoms with E-state index in [-0.39, 0.29) is 17.8 Å². The Morgan fingerprint density at radius 1 is 1.33 bits per heavy atom. The molecule has 0 fully saturated rings. The maximum atomic E-state index is 13.5. The van der Waals surface area contributed by atoms with Gasteiger partial charge in [0.2, 0.25) is 0 Å². The molecular weight excluding hydrogens is 202 g/mol. The third kappa shape index (κ3) is 1.88.